The van der Waals surface area contributed by atoms with Gasteiger partial charge in [-0.05, 0) is 31.5 Å². The Morgan fingerprint density at radius 2 is 2.05 bits per heavy atom. The summed E-state index contributed by atoms with van der Waals surface area (Å²) >= 11 is 0. The Labute approximate surface area is 113 Å². The average Bonchev–Trinajstić information content (AvgIpc) is 2.97. The van der Waals surface area contributed by atoms with Crippen molar-refractivity contribution in [3.8, 4) is 11.5 Å². The Balaban J connectivity index is 2.08. The number of ether oxygens (including phenoxy) is 2. The zero-order valence-corrected chi connectivity index (χ0v) is 11.4. The second-order valence-electron chi connectivity index (χ2n) is 4.54. The van der Waals surface area contributed by atoms with Gasteiger partial charge in [0.15, 0.2) is 0 Å². The van der Waals surface area contributed by atoms with E-state index in [4.69, 9.17) is 9.47 Å². The van der Waals surface area contributed by atoms with Gasteiger partial charge in [0.25, 0.3) is 5.91 Å². The fourth-order valence-corrected chi connectivity index (χ4v) is 2.31. The second-order valence-corrected chi connectivity index (χ2v) is 4.54. The van der Waals surface area contributed by atoms with Crippen LogP contribution in [-0.2, 0) is 0 Å². The third-order valence-electron chi connectivity index (χ3n) is 3.33. The minimum atomic E-state index is -0.164. The van der Waals surface area contributed by atoms with E-state index in [1.807, 2.05) is 0 Å². The Morgan fingerprint density at radius 1 is 1.37 bits per heavy atom. The van der Waals surface area contributed by atoms with E-state index >= 15 is 0 Å². The fourth-order valence-electron chi connectivity index (χ4n) is 2.31. The van der Waals surface area contributed by atoms with Gasteiger partial charge >= 0.3 is 0 Å². The highest BCUT2D eigenvalue weighted by Crippen LogP contribution is 2.27. The van der Waals surface area contributed by atoms with Crippen LogP contribution in [0.1, 0.15) is 23.2 Å². The Morgan fingerprint density at radius 3 is 2.58 bits per heavy atom. The van der Waals surface area contributed by atoms with Crippen LogP contribution in [0.4, 0.5) is 0 Å². The summed E-state index contributed by atoms with van der Waals surface area (Å²) in [5, 5.41) is 6.27. The van der Waals surface area contributed by atoms with Gasteiger partial charge in [0.1, 0.15) is 17.1 Å². The molecule has 1 aliphatic rings. The molecule has 1 unspecified atom stereocenters. The quantitative estimate of drug-likeness (QED) is 0.838. The summed E-state index contributed by atoms with van der Waals surface area (Å²) in [7, 11) is 3.09. The summed E-state index contributed by atoms with van der Waals surface area (Å²) in [6.07, 6.45) is 2.27. The summed E-state index contributed by atoms with van der Waals surface area (Å²) in [5.41, 5.74) is 0.450. The van der Waals surface area contributed by atoms with Crippen LogP contribution < -0.4 is 20.1 Å². The molecule has 1 aromatic rings. The van der Waals surface area contributed by atoms with Crippen molar-refractivity contribution in [2.24, 2.45) is 0 Å². The lowest BCUT2D eigenvalue weighted by Crippen LogP contribution is -2.37. The molecule has 0 bridgehead atoms. The van der Waals surface area contributed by atoms with Crippen LogP contribution in [0.5, 0.6) is 11.5 Å². The van der Waals surface area contributed by atoms with E-state index in [9.17, 15) is 4.79 Å². The maximum atomic E-state index is 12.3. The molecule has 1 heterocycles. The molecular formula is C14H20N2O3. The highest BCUT2D eigenvalue weighted by molar-refractivity contribution is 5.99. The minimum absolute atomic E-state index is 0.164. The molecule has 2 rings (SSSR count). The summed E-state index contributed by atoms with van der Waals surface area (Å²) in [5.74, 6) is 0.885. The molecule has 0 saturated carbocycles. The van der Waals surface area contributed by atoms with Crippen molar-refractivity contribution in [2.45, 2.75) is 18.9 Å². The molecular weight excluding hydrogens is 244 g/mol. The van der Waals surface area contributed by atoms with Gasteiger partial charge in [0, 0.05) is 12.6 Å². The number of rotatable bonds is 5. The van der Waals surface area contributed by atoms with Gasteiger partial charge in [0.05, 0.1) is 14.2 Å². The molecule has 1 atom stereocenters. The third kappa shape index (κ3) is 3.17. The molecule has 0 radical (unpaired) electrons. The molecule has 1 amide bonds. The molecule has 0 aromatic heterocycles. The summed E-state index contributed by atoms with van der Waals surface area (Å²) in [4.78, 5) is 12.3. The maximum absolute atomic E-state index is 12.3. The zero-order valence-electron chi connectivity index (χ0n) is 11.4. The van der Waals surface area contributed by atoms with E-state index in [1.54, 1.807) is 32.4 Å². The summed E-state index contributed by atoms with van der Waals surface area (Å²) in [6.45, 7) is 1.65. The van der Waals surface area contributed by atoms with Gasteiger partial charge in [-0.15, -0.1) is 0 Å². The van der Waals surface area contributed by atoms with Crippen LogP contribution in [0.25, 0.3) is 0 Å². The normalized spacial score (nSPS) is 18.1. The lowest BCUT2D eigenvalue weighted by Gasteiger charge is -2.15. The van der Waals surface area contributed by atoms with E-state index < -0.39 is 0 Å². The van der Waals surface area contributed by atoms with Crippen molar-refractivity contribution in [1.82, 2.24) is 10.6 Å². The minimum Gasteiger partial charge on any atom is -0.496 e. The van der Waals surface area contributed by atoms with Crippen LogP contribution in [0.2, 0.25) is 0 Å². The molecule has 19 heavy (non-hydrogen) atoms. The first kappa shape index (κ1) is 13.7. The fraction of sp³-hybridized carbons (Fsp3) is 0.500. The first-order valence-corrected chi connectivity index (χ1v) is 6.49. The Hall–Kier alpha value is -1.75. The third-order valence-corrected chi connectivity index (χ3v) is 3.33. The zero-order chi connectivity index (χ0) is 13.7. The standard InChI is InChI=1S/C14H20N2O3/c1-18-11-6-3-7-12(19-2)13(11)14(17)16-9-10-5-4-8-15-10/h3,6-7,10,15H,4-5,8-9H2,1-2H3,(H,16,17). The van der Waals surface area contributed by atoms with Crippen LogP contribution in [0.15, 0.2) is 18.2 Å². The van der Waals surface area contributed by atoms with Crippen LogP contribution >= 0.6 is 0 Å². The van der Waals surface area contributed by atoms with Crippen molar-refractivity contribution >= 4 is 5.91 Å². The molecule has 5 heteroatoms. The van der Waals surface area contributed by atoms with E-state index in [1.165, 1.54) is 6.42 Å². The maximum Gasteiger partial charge on any atom is 0.258 e. The van der Waals surface area contributed by atoms with E-state index in [-0.39, 0.29) is 5.91 Å². The molecule has 1 saturated heterocycles. The van der Waals surface area contributed by atoms with Gasteiger partial charge in [-0.2, -0.15) is 0 Å². The molecule has 2 N–H and O–H groups in total. The van der Waals surface area contributed by atoms with Crippen molar-refractivity contribution in [1.29, 1.82) is 0 Å². The van der Waals surface area contributed by atoms with Gasteiger partial charge in [0.2, 0.25) is 0 Å². The molecule has 1 aliphatic heterocycles. The van der Waals surface area contributed by atoms with Gasteiger partial charge in [-0.25, -0.2) is 0 Å². The first-order valence-electron chi connectivity index (χ1n) is 6.49. The number of nitrogens with one attached hydrogen (secondary N) is 2. The first-order chi connectivity index (χ1) is 9.26. The van der Waals surface area contributed by atoms with Crippen molar-refractivity contribution in [3.05, 3.63) is 23.8 Å². The average molecular weight is 264 g/mol. The highest BCUT2D eigenvalue weighted by Gasteiger charge is 2.20. The lowest BCUT2D eigenvalue weighted by atomic mass is 10.1. The number of hydrogen-bond donors (Lipinski definition) is 2. The predicted molar refractivity (Wildman–Crippen MR) is 72.9 cm³/mol. The van der Waals surface area contributed by atoms with Gasteiger partial charge in [-0.1, -0.05) is 6.07 Å². The predicted octanol–water partition coefficient (Wildman–Crippen LogP) is 1.19. The molecule has 104 valence electrons. The topological polar surface area (TPSA) is 59.6 Å². The molecule has 0 spiro atoms. The molecule has 1 aromatic carbocycles. The number of carbonyl (C=O) groups is 1. The second kappa shape index (κ2) is 6.43. The van der Waals surface area contributed by atoms with Crippen LogP contribution in [0.3, 0.4) is 0 Å². The van der Waals surface area contributed by atoms with Crippen molar-refractivity contribution in [2.75, 3.05) is 27.3 Å². The molecule has 1 fully saturated rings. The number of methoxy groups -OCH3 is 2. The van der Waals surface area contributed by atoms with Crippen LogP contribution in [-0.4, -0.2) is 39.3 Å². The lowest BCUT2D eigenvalue weighted by molar-refractivity contribution is 0.0944. The summed E-state index contributed by atoms with van der Waals surface area (Å²) < 4.78 is 10.4. The van der Waals surface area contributed by atoms with E-state index in [2.05, 4.69) is 10.6 Å². The SMILES string of the molecule is COc1cccc(OC)c1C(=O)NCC1CCCN1. The number of hydrogen-bond acceptors (Lipinski definition) is 4. The molecule has 5 nitrogen and oxygen atoms in total. The Bertz CT molecular complexity index is 420. The van der Waals surface area contributed by atoms with E-state index in [0.717, 1.165) is 13.0 Å². The smallest absolute Gasteiger partial charge is 0.258 e. The summed E-state index contributed by atoms with van der Waals surface area (Å²) in [6, 6.07) is 5.67. The van der Waals surface area contributed by atoms with Crippen molar-refractivity contribution in [3.63, 3.8) is 0 Å². The largest absolute Gasteiger partial charge is 0.496 e. The highest BCUT2D eigenvalue weighted by atomic mass is 16.5. The monoisotopic (exact) mass is 264 g/mol. The van der Waals surface area contributed by atoms with Crippen LogP contribution in [0, 0.1) is 0 Å². The Kier molecular flexibility index (Phi) is 4.63. The number of benzene rings is 1. The van der Waals surface area contributed by atoms with Gasteiger partial charge in [-0.3, -0.25) is 4.79 Å². The molecule has 0 aliphatic carbocycles. The van der Waals surface area contributed by atoms with Gasteiger partial charge < -0.3 is 20.1 Å². The van der Waals surface area contributed by atoms with E-state index in [0.29, 0.717) is 29.6 Å². The number of carbonyl (C=O) groups excluding carboxylic acids is 1. The van der Waals surface area contributed by atoms with Crippen molar-refractivity contribution < 1.29 is 14.3 Å². The number of amides is 1.